The molecule has 1 aromatic carbocycles. The molecular formula is C17H23N5. The van der Waals surface area contributed by atoms with E-state index in [2.05, 4.69) is 52.5 Å². The van der Waals surface area contributed by atoms with Crippen LogP contribution in [0, 0.1) is 19.3 Å². The fourth-order valence-electron chi connectivity index (χ4n) is 4.07. The van der Waals surface area contributed by atoms with Gasteiger partial charge in [0.2, 0.25) is 0 Å². The van der Waals surface area contributed by atoms with Gasteiger partial charge in [0, 0.05) is 6.54 Å². The van der Waals surface area contributed by atoms with Crippen molar-refractivity contribution in [3.05, 3.63) is 35.2 Å². The first-order valence-corrected chi connectivity index (χ1v) is 8.23. The van der Waals surface area contributed by atoms with Gasteiger partial charge in [-0.15, -0.1) is 5.10 Å². The van der Waals surface area contributed by atoms with Gasteiger partial charge in [-0.05, 0) is 66.6 Å². The molecule has 2 fully saturated rings. The van der Waals surface area contributed by atoms with Gasteiger partial charge in [-0.25, -0.2) is 0 Å². The first-order valence-electron chi connectivity index (χ1n) is 8.23. The fourth-order valence-corrected chi connectivity index (χ4v) is 4.07. The minimum Gasteiger partial charge on any atom is -0.295 e. The van der Waals surface area contributed by atoms with Crippen LogP contribution in [-0.4, -0.2) is 38.2 Å². The average molecular weight is 297 g/mol. The minimum atomic E-state index is 0.622. The van der Waals surface area contributed by atoms with Gasteiger partial charge in [0.1, 0.15) is 0 Å². The van der Waals surface area contributed by atoms with E-state index in [4.69, 9.17) is 0 Å². The molecule has 5 heteroatoms. The third kappa shape index (κ3) is 2.24. The Balaban J connectivity index is 1.58. The van der Waals surface area contributed by atoms with Crippen molar-refractivity contribution < 1.29 is 0 Å². The summed E-state index contributed by atoms with van der Waals surface area (Å²) in [6, 6.07) is 6.32. The molecule has 1 aromatic heterocycles. The molecule has 1 spiro atoms. The number of likely N-dealkylation sites (tertiary alicyclic amines) is 1. The molecule has 1 saturated carbocycles. The quantitative estimate of drug-likeness (QED) is 0.874. The molecule has 0 atom stereocenters. The third-order valence-corrected chi connectivity index (χ3v) is 5.48. The summed E-state index contributed by atoms with van der Waals surface area (Å²) in [6.45, 7) is 7.48. The predicted molar refractivity (Wildman–Crippen MR) is 84.8 cm³/mol. The highest BCUT2D eigenvalue weighted by Gasteiger charge is 2.42. The maximum absolute atomic E-state index is 4.29. The van der Waals surface area contributed by atoms with Crippen LogP contribution in [-0.2, 0) is 6.54 Å². The monoisotopic (exact) mass is 297 g/mol. The molecule has 1 aliphatic heterocycles. The summed E-state index contributed by atoms with van der Waals surface area (Å²) in [6.07, 6.45) is 5.57. The maximum atomic E-state index is 4.29. The lowest BCUT2D eigenvalue weighted by molar-refractivity contribution is 0.136. The Kier molecular flexibility index (Phi) is 3.26. The average Bonchev–Trinajstić information content (AvgIpc) is 3.06. The molecule has 2 aliphatic rings. The van der Waals surface area contributed by atoms with Crippen molar-refractivity contribution in [3.8, 4) is 5.69 Å². The molecule has 0 N–H and O–H groups in total. The topological polar surface area (TPSA) is 46.8 Å². The van der Waals surface area contributed by atoms with Crippen LogP contribution in [0.15, 0.2) is 18.2 Å². The Morgan fingerprint density at radius 3 is 2.55 bits per heavy atom. The number of tetrazole rings is 1. The molecule has 0 unspecified atom stereocenters. The number of rotatable bonds is 3. The summed E-state index contributed by atoms with van der Waals surface area (Å²) >= 11 is 0. The van der Waals surface area contributed by atoms with E-state index in [0.717, 1.165) is 18.1 Å². The van der Waals surface area contributed by atoms with Crippen LogP contribution in [0.5, 0.6) is 0 Å². The first kappa shape index (κ1) is 13.9. The zero-order valence-corrected chi connectivity index (χ0v) is 13.4. The number of hydrogen-bond acceptors (Lipinski definition) is 4. The zero-order valence-electron chi connectivity index (χ0n) is 13.4. The summed E-state index contributed by atoms with van der Waals surface area (Å²) in [4.78, 5) is 2.52. The molecule has 22 heavy (non-hydrogen) atoms. The highest BCUT2D eigenvalue weighted by Crippen LogP contribution is 2.48. The van der Waals surface area contributed by atoms with Gasteiger partial charge in [0.05, 0.1) is 12.2 Å². The van der Waals surface area contributed by atoms with Crippen molar-refractivity contribution >= 4 is 0 Å². The summed E-state index contributed by atoms with van der Waals surface area (Å²) in [5.41, 5.74) is 4.17. The lowest BCUT2D eigenvalue weighted by atomic mass is 9.68. The Morgan fingerprint density at radius 2 is 1.91 bits per heavy atom. The van der Waals surface area contributed by atoms with E-state index in [9.17, 15) is 0 Å². The summed E-state index contributed by atoms with van der Waals surface area (Å²) in [5, 5.41) is 12.5. The molecule has 2 aromatic rings. The fraction of sp³-hybridized carbons (Fsp3) is 0.588. The molecular weight excluding hydrogens is 274 g/mol. The second kappa shape index (κ2) is 5.16. The second-order valence-corrected chi connectivity index (χ2v) is 7.06. The molecule has 2 heterocycles. The van der Waals surface area contributed by atoms with Crippen LogP contribution in [0.2, 0.25) is 0 Å². The first-order chi connectivity index (χ1) is 10.7. The van der Waals surface area contributed by atoms with Gasteiger partial charge in [0.25, 0.3) is 0 Å². The predicted octanol–water partition coefficient (Wildman–Crippen LogP) is 2.66. The van der Waals surface area contributed by atoms with Crippen molar-refractivity contribution in [1.29, 1.82) is 0 Å². The summed E-state index contributed by atoms with van der Waals surface area (Å²) < 4.78 is 1.93. The van der Waals surface area contributed by atoms with Gasteiger partial charge in [-0.2, -0.15) is 4.68 Å². The highest BCUT2D eigenvalue weighted by atomic mass is 15.5. The molecule has 0 bridgehead atoms. The van der Waals surface area contributed by atoms with Crippen molar-refractivity contribution in [2.45, 2.75) is 46.1 Å². The highest BCUT2D eigenvalue weighted by molar-refractivity contribution is 5.46. The standard InChI is InChI=1S/C17H23N5/c1-13-5-3-6-14(2)16(13)22-15(18-19-20-22)11-21-10-9-17(12-21)7-4-8-17/h3,5-6H,4,7-12H2,1-2H3. The van der Waals surface area contributed by atoms with Crippen LogP contribution in [0.1, 0.15) is 42.6 Å². The van der Waals surface area contributed by atoms with Crippen molar-refractivity contribution in [2.24, 2.45) is 5.41 Å². The Bertz CT molecular complexity index is 666. The van der Waals surface area contributed by atoms with Crippen LogP contribution >= 0.6 is 0 Å². The number of hydrogen-bond donors (Lipinski definition) is 0. The Hall–Kier alpha value is -1.75. The lowest BCUT2D eigenvalue weighted by Gasteiger charge is -2.38. The van der Waals surface area contributed by atoms with Gasteiger partial charge >= 0.3 is 0 Å². The number of para-hydroxylation sites is 1. The third-order valence-electron chi connectivity index (χ3n) is 5.48. The lowest BCUT2D eigenvalue weighted by Crippen LogP contribution is -2.33. The molecule has 5 nitrogen and oxygen atoms in total. The smallest absolute Gasteiger partial charge is 0.170 e. The Labute approximate surface area is 131 Å². The molecule has 116 valence electrons. The van der Waals surface area contributed by atoms with E-state index in [-0.39, 0.29) is 0 Å². The number of aryl methyl sites for hydroxylation is 2. The number of nitrogens with zero attached hydrogens (tertiary/aromatic N) is 5. The van der Waals surface area contributed by atoms with E-state index in [1.807, 2.05) is 4.68 Å². The van der Waals surface area contributed by atoms with Crippen LogP contribution < -0.4 is 0 Å². The van der Waals surface area contributed by atoms with Gasteiger partial charge in [-0.3, -0.25) is 4.90 Å². The Morgan fingerprint density at radius 1 is 1.14 bits per heavy atom. The molecule has 1 aliphatic carbocycles. The second-order valence-electron chi connectivity index (χ2n) is 7.06. The van der Waals surface area contributed by atoms with Gasteiger partial charge < -0.3 is 0 Å². The molecule has 4 rings (SSSR count). The molecule has 0 amide bonds. The SMILES string of the molecule is Cc1cccc(C)c1-n1nnnc1CN1CCC2(CCC2)C1. The summed E-state index contributed by atoms with van der Waals surface area (Å²) in [7, 11) is 0. The number of aromatic nitrogens is 4. The van der Waals surface area contributed by atoms with E-state index in [0.29, 0.717) is 5.41 Å². The van der Waals surface area contributed by atoms with Gasteiger partial charge in [0.15, 0.2) is 5.82 Å². The zero-order chi connectivity index (χ0) is 15.2. The van der Waals surface area contributed by atoms with Crippen molar-refractivity contribution in [2.75, 3.05) is 13.1 Å². The normalized spacial score (nSPS) is 20.5. The van der Waals surface area contributed by atoms with Gasteiger partial charge in [-0.1, -0.05) is 24.6 Å². The van der Waals surface area contributed by atoms with Crippen LogP contribution in [0.3, 0.4) is 0 Å². The molecule has 0 radical (unpaired) electrons. The van der Waals surface area contributed by atoms with E-state index < -0.39 is 0 Å². The van der Waals surface area contributed by atoms with Crippen LogP contribution in [0.25, 0.3) is 5.69 Å². The summed E-state index contributed by atoms with van der Waals surface area (Å²) in [5.74, 6) is 0.953. The van der Waals surface area contributed by atoms with E-state index >= 15 is 0 Å². The van der Waals surface area contributed by atoms with Crippen molar-refractivity contribution in [1.82, 2.24) is 25.1 Å². The number of benzene rings is 1. The molecule has 1 saturated heterocycles. The largest absolute Gasteiger partial charge is 0.295 e. The maximum Gasteiger partial charge on any atom is 0.170 e. The van der Waals surface area contributed by atoms with Crippen LogP contribution in [0.4, 0.5) is 0 Å². The van der Waals surface area contributed by atoms with E-state index in [1.54, 1.807) is 0 Å². The minimum absolute atomic E-state index is 0.622. The van der Waals surface area contributed by atoms with E-state index in [1.165, 1.54) is 49.9 Å². The van der Waals surface area contributed by atoms with Crippen molar-refractivity contribution in [3.63, 3.8) is 0 Å².